The number of carbonyl (C=O) groups is 1. The quantitative estimate of drug-likeness (QED) is 0.485. The minimum absolute atomic E-state index is 0.140. The summed E-state index contributed by atoms with van der Waals surface area (Å²) >= 11 is 0. The van der Waals surface area contributed by atoms with Crippen molar-refractivity contribution >= 4 is 17.5 Å². The van der Waals surface area contributed by atoms with Gasteiger partial charge in [0.25, 0.3) is 0 Å². The fraction of sp³-hybridized carbons (Fsp3) is 0.500. The number of amides is 1. The maximum atomic E-state index is 13.4. The number of hydrazine groups is 1. The highest BCUT2D eigenvalue weighted by atomic mass is 19.1. The van der Waals surface area contributed by atoms with E-state index in [0.717, 1.165) is 0 Å². The SMILES string of the molecule is CC(C)(C)NC(=O)CCNc1nc(NN)c(F)cc1F. The zero-order valence-corrected chi connectivity index (χ0v) is 11.7. The Morgan fingerprint density at radius 3 is 2.45 bits per heavy atom. The third kappa shape index (κ3) is 4.96. The van der Waals surface area contributed by atoms with Gasteiger partial charge in [-0.2, -0.15) is 0 Å². The van der Waals surface area contributed by atoms with Crippen molar-refractivity contribution in [2.45, 2.75) is 32.7 Å². The predicted octanol–water partition coefficient (Wildman–Crippen LogP) is 1.36. The minimum Gasteiger partial charge on any atom is -0.367 e. The number of aromatic nitrogens is 1. The van der Waals surface area contributed by atoms with Gasteiger partial charge in [0.1, 0.15) is 0 Å². The molecule has 1 rings (SSSR count). The number of halogens is 2. The van der Waals surface area contributed by atoms with Crippen molar-refractivity contribution in [1.82, 2.24) is 10.3 Å². The molecule has 1 amide bonds. The Morgan fingerprint density at radius 2 is 1.90 bits per heavy atom. The Morgan fingerprint density at radius 1 is 1.30 bits per heavy atom. The van der Waals surface area contributed by atoms with E-state index in [1.807, 2.05) is 26.2 Å². The molecule has 0 saturated carbocycles. The van der Waals surface area contributed by atoms with Gasteiger partial charge < -0.3 is 16.1 Å². The topological polar surface area (TPSA) is 92.1 Å². The highest BCUT2D eigenvalue weighted by Crippen LogP contribution is 2.18. The molecule has 0 atom stereocenters. The van der Waals surface area contributed by atoms with E-state index in [2.05, 4.69) is 15.6 Å². The summed E-state index contributed by atoms with van der Waals surface area (Å²) < 4.78 is 26.6. The molecule has 1 aromatic heterocycles. The second kappa shape index (κ2) is 6.47. The second-order valence-corrected chi connectivity index (χ2v) is 5.27. The van der Waals surface area contributed by atoms with E-state index in [-0.39, 0.29) is 36.0 Å². The summed E-state index contributed by atoms with van der Waals surface area (Å²) in [7, 11) is 0. The highest BCUT2D eigenvalue weighted by molar-refractivity contribution is 5.77. The Balaban J connectivity index is 2.56. The number of pyridine rings is 1. The average molecular weight is 287 g/mol. The number of nitrogen functional groups attached to an aromatic ring is 1. The predicted molar refractivity (Wildman–Crippen MR) is 73.0 cm³/mol. The van der Waals surface area contributed by atoms with Gasteiger partial charge in [-0.05, 0) is 20.8 Å². The van der Waals surface area contributed by atoms with Gasteiger partial charge in [0.05, 0.1) is 0 Å². The first-order chi connectivity index (χ1) is 9.23. The number of nitrogens with zero attached hydrogens (tertiary/aromatic N) is 1. The number of rotatable bonds is 5. The van der Waals surface area contributed by atoms with Crippen LogP contribution in [0.1, 0.15) is 27.2 Å². The maximum absolute atomic E-state index is 13.4. The monoisotopic (exact) mass is 287 g/mol. The largest absolute Gasteiger partial charge is 0.367 e. The number of hydrogen-bond donors (Lipinski definition) is 4. The van der Waals surface area contributed by atoms with Crippen molar-refractivity contribution < 1.29 is 13.6 Å². The van der Waals surface area contributed by atoms with Crippen molar-refractivity contribution in [3.63, 3.8) is 0 Å². The zero-order valence-electron chi connectivity index (χ0n) is 11.7. The Bertz CT molecular complexity index is 487. The van der Waals surface area contributed by atoms with Gasteiger partial charge in [0, 0.05) is 24.6 Å². The summed E-state index contributed by atoms with van der Waals surface area (Å²) in [6, 6.07) is 0.666. The molecule has 0 aliphatic heterocycles. The molecule has 20 heavy (non-hydrogen) atoms. The van der Waals surface area contributed by atoms with Gasteiger partial charge in [-0.3, -0.25) is 4.79 Å². The number of nitrogens with one attached hydrogen (secondary N) is 3. The molecule has 5 N–H and O–H groups in total. The van der Waals surface area contributed by atoms with E-state index in [9.17, 15) is 13.6 Å². The lowest BCUT2D eigenvalue weighted by molar-refractivity contribution is -0.122. The smallest absolute Gasteiger partial charge is 0.222 e. The summed E-state index contributed by atoms with van der Waals surface area (Å²) in [6.45, 7) is 5.75. The van der Waals surface area contributed by atoms with E-state index < -0.39 is 11.6 Å². The first kappa shape index (κ1) is 16.1. The van der Waals surface area contributed by atoms with E-state index in [0.29, 0.717) is 6.07 Å². The van der Waals surface area contributed by atoms with Crippen molar-refractivity contribution in [1.29, 1.82) is 0 Å². The molecule has 6 nitrogen and oxygen atoms in total. The van der Waals surface area contributed by atoms with E-state index in [1.54, 1.807) is 0 Å². The van der Waals surface area contributed by atoms with Crippen LogP contribution in [0.25, 0.3) is 0 Å². The molecule has 112 valence electrons. The molecule has 0 aliphatic rings. The summed E-state index contributed by atoms with van der Waals surface area (Å²) in [6.07, 6.45) is 0.140. The summed E-state index contributed by atoms with van der Waals surface area (Å²) in [5.74, 6) is 2.70. The van der Waals surface area contributed by atoms with Gasteiger partial charge in [-0.25, -0.2) is 19.6 Å². The summed E-state index contributed by atoms with van der Waals surface area (Å²) in [5.41, 5.74) is 1.69. The van der Waals surface area contributed by atoms with Crippen LogP contribution in [0, 0.1) is 11.6 Å². The molecule has 0 saturated heterocycles. The normalized spacial score (nSPS) is 11.1. The summed E-state index contributed by atoms with van der Waals surface area (Å²) in [5, 5.41) is 5.39. The molecule has 1 aromatic rings. The van der Waals surface area contributed by atoms with Crippen molar-refractivity contribution in [2.75, 3.05) is 17.3 Å². The molecule has 0 bridgehead atoms. The van der Waals surface area contributed by atoms with Crippen LogP contribution in [0.3, 0.4) is 0 Å². The average Bonchev–Trinajstić information content (AvgIpc) is 2.29. The van der Waals surface area contributed by atoms with Crippen LogP contribution in [0.15, 0.2) is 6.07 Å². The van der Waals surface area contributed by atoms with Gasteiger partial charge in [0.2, 0.25) is 5.91 Å². The Kier molecular flexibility index (Phi) is 5.20. The standard InChI is InChI=1S/C12H19F2N5O/c1-12(2,3)18-9(20)4-5-16-10-7(13)6-8(14)11(17-10)19-15/h6H,4-5,15H2,1-3H3,(H,18,20)(H2,16,17,19). The van der Waals surface area contributed by atoms with Crippen molar-refractivity contribution in [2.24, 2.45) is 5.84 Å². The second-order valence-electron chi connectivity index (χ2n) is 5.27. The minimum atomic E-state index is -0.888. The van der Waals surface area contributed by atoms with Gasteiger partial charge in [-0.15, -0.1) is 0 Å². The van der Waals surface area contributed by atoms with Crippen LogP contribution in [-0.2, 0) is 4.79 Å². The molecule has 8 heteroatoms. The maximum Gasteiger partial charge on any atom is 0.222 e. The zero-order chi connectivity index (χ0) is 15.3. The Labute approximate surface area is 116 Å². The molecule has 1 heterocycles. The molecule has 0 fully saturated rings. The number of carbonyl (C=O) groups excluding carboxylic acids is 1. The van der Waals surface area contributed by atoms with E-state index in [1.165, 1.54) is 0 Å². The van der Waals surface area contributed by atoms with Crippen LogP contribution >= 0.6 is 0 Å². The third-order valence-corrected chi connectivity index (χ3v) is 2.23. The lowest BCUT2D eigenvalue weighted by Crippen LogP contribution is -2.41. The molecular formula is C12H19F2N5O. The molecule has 0 spiro atoms. The Hall–Kier alpha value is -1.96. The first-order valence-electron chi connectivity index (χ1n) is 6.10. The highest BCUT2D eigenvalue weighted by Gasteiger charge is 2.14. The van der Waals surface area contributed by atoms with Gasteiger partial charge in [0.15, 0.2) is 23.3 Å². The van der Waals surface area contributed by atoms with Crippen LogP contribution in [-0.4, -0.2) is 23.0 Å². The molecule has 0 aliphatic carbocycles. The summed E-state index contributed by atoms with van der Waals surface area (Å²) in [4.78, 5) is 15.2. The van der Waals surface area contributed by atoms with Crippen LogP contribution in [0.2, 0.25) is 0 Å². The van der Waals surface area contributed by atoms with Gasteiger partial charge in [-0.1, -0.05) is 0 Å². The van der Waals surface area contributed by atoms with Crippen molar-refractivity contribution in [3.05, 3.63) is 17.7 Å². The van der Waals surface area contributed by atoms with Crippen molar-refractivity contribution in [3.8, 4) is 0 Å². The van der Waals surface area contributed by atoms with E-state index in [4.69, 9.17) is 5.84 Å². The third-order valence-electron chi connectivity index (χ3n) is 2.23. The number of anilines is 2. The van der Waals surface area contributed by atoms with E-state index >= 15 is 0 Å². The molecule has 0 unspecified atom stereocenters. The molecule has 0 radical (unpaired) electrons. The molecule has 0 aromatic carbocycles. The van der Waals surface area contributed by atoms with Crippen LogP contribution in [0.4, 0.5) is 20.4 Å². The van der Waals surface area contributed by atoms with Crippen LogP contribution in [0.5, 0.6) is 0 Å². The number of hydrogen-bond acceptors (Lipinski definition) is 5. The first-order valence-corrected chi connectivity index (χ1v) is 6.10. The fourth-order valence-electron chi connectivity index (χ4n) is 1.47. The molecular weight excluding hydrogens is 268 g/mol. The van der Waals surface area contributed by atoms with Gasteiger partial charge >= 0.3 is 0 Å². The fourth-order valence-corrected chi connectivity index (χ4v) is 1.47. The number of nitrogens with two attached hydrogens (primary N) is 1. The lowest BCUT2D eigenvalue weighted by Gasteiger charge is -2.20. The van der Waals surface area contributed by atoms with Crippen LogP contribution < -0.4 is 21.9 Å². The lowest BCUT2D eigenvalue weighted by atomic mass is 10.1.